The highest BCUT2D eigenvalue weighted by atomic mass is 16.6. The molecule has 1 unspecified atom stereocenters. The molecule has 0 radical (unpaired) electrons. The number of ether oxygens (including phenoxy) is 1. The molecule has 6 nitrogen and oxygen atoms in total. The lowest BCUT2D eigenvalue weighted by molar-refractivity contribution is -0.130. The van der Waals surface area contributed by atoms with E-state index in [9.17, 15) is 9.59 Å². The molecule has 1 atom stereocenters. The lowest BCUT2D eigenvalue weighted by Gasteiger charge is -2.13. The molecule has 0 aromatic heterocycles. The van der Waals surface area contributed by atoms with Crippen molar-refractivity contribution in [3.63, 3.8) is 0 Å². The lowest BCUT2D eigenvalue weighted by Crippen LogP contribution is -2.42. The van der Waals surface area contributed by atoms with Gasteiger partial charge in [0, 0.05) is 0 Å². The van der Waals surface area contributed by atoms with Gasteiger partial charge >= 0.3 is 6.09 Å². The Hall–Kier alpha value is -1.30. The molecular formula is C7H13N3O3. The predicted molar refractivity (Wildman–Crippen MR) is 44.1 cm³/mol. The van der Waals surface area contributed by atoms with Crippen molar-refractivity contribution in [2.45, 2.75) is 25.4 Å². The van der Waals surface area contributed by atoms with Gasteiger partial charge in [-0.15, -0.1) is 0 Å². The molecule has 5 N–H and O–H groups in total. The summed E-state index contributed by atoms with van der Waals surface area (Å²) in [5.74, 6) is 4.86. The van der Waals surface area contributed by atoms with Gasteiger partial charge < -0.3 is 10.5 Å². The minimum absolute atomic E-state index is 0.460. The highest BCUT2D eigenvalue weighted by Gasteiger charge is 2.31. The van der Waals surface area contributed by atoms with Crippen LogP contribution in [-0.2, 0) is 9.53 Å². The highest BCUT2D eigenvalue weighted by Crippen LogP contribution is 2.34. The van der Waals surface area contributed by atoms with Crippen molar-refractivity contribution in [1.82, 2.24) is 5.43 Å². The van der Waals surface area contributed by atoms with E-state index in [1.165, 1.54) is 0 Å². The highest BCUT2D eigenvalue weighted by molar-refractivity contribution is 5.82. The van der Waals surface area contributed by atoms with E-state index >= 15 is 0 Å². The van der Waals surface area contributed by atoms with Gasteiger partial charge in [0.05, 0.1) is 0 Å². The van der Waals surface area contributed by atoms with Crippen LogP contribution in [0.1, 0.15) is 19.3 Å². The largest absolute Gasteiger partial charge is 0.436 e. The van der Waals surface area contributed by atoms with Crippen LogP contribution in [0.15, 0.2) is 0 Å². The summed E-state index contributed by atoms with van der Waals surface area (Å²) < 4.78 is 4.60. The van der Waals surface area contributed by atoms with Crippen LogP contribution in [0, 0.1) is 5.92 Å². The molecule has 1 aliphatic carbocycles. The number of rotatable bonds is 4. The third kappa shape index (κ3) is 3.29. The Labute approximate surface area is 75.6 Å². The van der Waals surface area contributed by atoms with Crippen LogP contribution in [0.3, 0.4) is 0 Å². The SMILES string of the molecule is NNC(=O)C(CC1CC1)OC(N)=O. The van der Waals surface area contributed by atoms with Crippen molar-refractivity contribution in [3.05, 3.63) is 0 Å². The van der Waals surface area contributed by atoms with Crippen molar-refractivity contribution in [3.8, 4) is 0 Å². The van der Waals surface area contributed by atoms with E-state index in [2.05, 4.69) is 4.74 Å². The van der Waals surface area contributed by atoms with Gasteiger partial charge in [-0.1, -0.05) is 12.8 Å². The molecule has 0 spiro atoms. The molecule has 1 saturated carbocycles. The summed E-state index contributed by atoms with van der Waals surface area (Å²) in [6.45, 7) is 0. The molecule has 1 fully saturated rings. The number of carbonyl (C=O) groups is 2. The Balaban J connectivity index is 2.41. The van der Waals surface area contributed by atoms with Crippen LogP contribution in [-0.4, -0.2) is 18.1 Å². The zero-order valence-corrected chi connectivity index (χ0v) is 7.16. The first-order valence-corrected chi connectivity index (χ1v) is 4.10. The molecule has 74 valence electrons. The zero-order valence-electron chi connectivity index (χ0n) is 7.16. The molecule has 6 heteroatoms. The fraction of sp³-hybridized carbons (Fsp3) is 0.714. The molecule has 1 aliphatic rings. The lowest BCUT2D eigenvalue weighted by atomic mass is 10.2. The summed E-state index contributed by atoms with van der Waals surface area (Å²) in [4.78, 5) is 21.5. The van der Waals surface area contributed by atoms with Gasteiger partial charge in [0.15, 0.2) is 6.10 Å². The number of carbonyl (C=O) groups excluding carboxylic acids is 2. The first-order valence-electron chi connectivity index (χ1n) is 4.10. The average molecular weight is 187 g/mol. The van der Waals surface area contributed by atoms with Gasteiger partial charge in [0.2, 0.25) is 0 Å². The van der Waals surface area contributed by atoms with Gasteiger partial charge in [-0.05, 0) is 12.3 Å². The number of hydrogen-bond donors (Lipinski definition) is 3. The fourth-order valence-electron chi connectivity index (χ4n) is 1.10. The number of amides is 2. The fourth-order valence-corrected chi connectivity index (χ4v) is 1.10. The summed E-state index contributed by atoms with van der Waals surface area (Å²) >= 11 is 0. The Bertz CT molecular complexity index is 215. The van der Waals surface area contributed by atoms with E-state index in [0.29, 0.717) is 12.3 Å². The topological polar surface area (TPSA) is 107 Å². The van der Waals surface area contributed by atoms with Gasteiger partial charge in [-0.2, -0.15) is 0 Å². The third-order valence-electron chi connectivity index (χ3n) is 1.94. The van der Waals surface area contributed by atoms with Gasteiger partial charge in [0.25, 0.3) is 5.91 Å². The second-order valence-corrected chi connectivity index (χ2v) is 3.11. The number of nitrogens with one attached hydrogen (secondary N) is 1. The normalized spacial score (nSPS) is 17.6. The number of hydrazine groups is 1. The third-order valence-corrected chi connectivity index (χ3v) is 1.94. The molecule has 0 aromatic rings. The van der Waals surface area contributed by atoms with Crippen LogP contribution in [0.25, 0.3) is 0 Å². The predicted octanol–water partition coefficient (Wildman–Crippen LogP) is -0.760. The van der Waals surface area contributed by atoms with E-state index in [1.54, 1.807) is 0 Å². The molecule has 13 heavy (non-hydrogen) atoms. The first kappa shape index (κ1) is 9.79. The molecule has 0 aromatic carbocycles. The molecule has 0 aliphatic heterocycles. The summed E-state index contributed by atoms with van der Waals surface area (Å²) in [6.07, 6.45) is 0.850. The van der Waals surface area contributed by atoms with E-state index in [4.69, 9.17) is 11.6 Å². The summed E-state index contributed by atoms with van der Waals surface area (Å²) in [6, 6.07) is 0. The van der Waals surface area contributed by atoms with E-state index in [1.807, 2.05) is 5.43 Å². The Kier molecular flexibility index (Phi) is 3.07. The van der Waals surface area contributed by atoms with Crippen molar-refractivity contribution in [1.29, 1.82) is 0 Å². The second kappa shape index (κ2) is 4.08. The molecule has 2 amide bonds. The summed E-state index contributed by atoms with van der Waals surface area (Å²) in [5, 5.41) is 0. The summed E-state index contributed by atoms with van der Waals surface area (Å²) in [7, 11) is 0. The average Bonchev–Trinajstić information content (AvgIpc) is 2.85. The quantitative estimate of drug-likeness (QED) is 0.305. The standard InChI is InChI=1S/C7H13N3O3/c8-7(12)13-5(6(11)10-9)3-4-1-2-4/h4-5H,1-3,9H2,(H2,8,12)(H,10,11). The van der Waals surface area contributed by atoms with E-state index in [0.717, 1.165) is 12.8 Å². The minimum Gasteiger partial charge on any atom is -0.436 e. The van der Waals surface area contributed by atoms with Gasteiger partial charge in [0.1, 0.15) is 0 Å². The Morgan fingerprint density at radius 3 is 2.54 bits per heavy atom. The number of nitrogens with two attached hydrogens (primary N) is 2. The molecule has 0 saturated heterocycles. The van der Waals surface area contributed by atoms with Crippen LogP contribution >= 0.6 is 0 Å². The molecular weight excluding hydrogens is 174 g/mol. The van der Waals surface area contributed by atoms with Crippen LogP contribution in [0.2, 0.25) is 0 Å². The van der Waals surface area contributed by atoms with Crippen LogP contribution < -0.4 is 17.0 Å². The van der Waals surface area contributed by atoms with Crippen LogP contribution in [0.4, 0.5) is 4.79 Å². The second-order valence-electron chi connectivity index (χ2n) is 3.11. The van der Waals surface area contributed by atoms with Crippen molar-refractivity contribution in [2.24, 2.45) is 17.5 Å². The Morgan fingerprint density at radius 1 is 1.54 bits per heavy atom. The Morgan fingerprint density at radius 2 is 2.15 bits per heavy atom. The van der Waals surface area contributed by atoms with Gasteiger partial charge in [-0.3, -0.25) is 10.2 Å². The van der Waals surface area contributed by atoms with Crippen molar-refractivity contribution >= 4 is 12.0 Å². The minimum atomic E-state index is -0.950. The van der Waals surface area contributed by atoms with Crippen LogP contribution in [0.5, 0.6) is 0 Å². The molecule has 0 bridgehead atoms. The number of primary amides is 1. The monoisotopic (exact) mass is 187 g/mol. The van der Waals surface area contributed by atoms with Gasteiger partial charge in [-0.25, -0.2) is 10.6 Å². The maximum Gasteiger partial charge on any atom is 0.405 e. The smallest absolute Gasteiger partial charge is 0.405 e. The van der Waals surface area contributed by atoms with Crippen molar-refractivity contribution < 1.29 is 14.3 Å². The maximum absolute atomic E-state index is 11.0. The van der Waals surface area contributed by atoms with E-state index in [-0.39, 0.29) is 0 Å². The maximum atomic E-state index is 11.0. The molecule has 1 rings (SSSR count). The summed E-state index contributed by atoms with van der Waals surface area (Å²) in [5.41, 5.74) is 6.73. The zero-order chi connectivity index (χ0) is 9.84. The van der Waals surface area contributed by atoms with E-state index < -0.39 is 18.1 Å². The number of hydrogen-bond acceptors (Lipinski definition) is 4. The first-order chi connectivity index (χ1) is 6.13. The molecule has 0 heterocycles. The van der Waals surface area contributed by atoms with Crippen molar-refractivity contribution in [2.75, 3.05) is 0 Å².